The number of pyridine rings is 1. The number of anilines is 2. The van der Waals surface area contributed by atoms with Crippen LogP contribution in [0, 0.1) is 0 Å². The monoisotopic (exact) mass is 231 g/mol. The van der Waals surface area contributed by atoms with Gasteiger partial charge in [-0.05, 0) is 29.5 Å². The summed E-state index contributed by atoms with van der Waals surface area (Å²) in [5, 5.41) is 2.17. The molecule has 1 aliphatic rings. The lowest BCUT2D eigenvalue weighted by atomic mass is 10.1. The Morgan fingerprint density at radius 1 is 1.38 bits per heavy atom. The van der Waals surface area contributed by atoms with Gasteiger partial charge < -0.3 is 10.6 Å². The van der Waals surface area contributed by atoms with Crippen molar-refractivity contribution in [3.05, 3.63) is 40.3 Å². The van der Waals surface area contributed by atoms with Gasteiger partial charge in [0.15, 0.2) is 0 Å². The molecule has 0 aromatic carbocycles. The summed E-state index contributed by atoms with van der Waals surface area (Å²) in [6.07, 6.45) is 4.64. The molecular weight excluding hydrogens is 218 g/mol. The average Bonchev–Trinajstić information content (AvgIpc) is 2.76. The molecule has 2 aromatic rings. The number of nitrogens with zero attached hydrogens (tertiary/aromatic N) is 2. The van der Waals surface area contributed by atoms with Crippen LogP contribution in [0.25, 0.3) is 0 Å². The molecule has 0 unspecified atom stereocenters. The van der Waals surface area contributed by atoms with Crippen molar-refractivity contribution in [3.8, 4) is 0 Å². The molecule has 82 valence electrons. The van der Waals surface area contributed by atoms with Crippen molar-refractivity contribution in [1.29, 1.82) is 0 Å². The van der Waals surface area contributed by atoms with Crippen LogP contribution in [0.4, 0.5) is 11.4 Å². The maximum atomic E-state index is 5.95. The molecule has 0 spiro atoms. The van der Waals surface area contributed by atoms with Gasteiger partial charge in [-0.1, -0.05) is 0 Å². The predicted molar refractivity (Wildman–Crippen MR) is 67.7 cm³/mol. The summed E-state index contributed by atoms with van der Waals surface area (Å²) in [4.78, 5) is 7.87. The number of hydrogen-bond donors (Lipinski definition) is 1. The molecule has 0 amide bonds. The Morgan fingerprint density at radius 3 is 3.19 bits per heavy atom. The van der Waals surface area contributed by atoms with Crippen LogP contribution in [-0.4, -0.2) is 11.5 Å². The van der Waals surface area contributed by atoms with Crippen LogP contribution < -0.4 is 10.6 Å². The van der Waals surface area contributed by atoms with Crippen molar-refractivity contribution in [1.82, 2.24) is 4.98 Å². The summed E-state index contributed by atoms with van der Waals surface area (Å²) >= 11 is 1.86. The summed E-state index contributed by atoms with van der Waals surface area (Å²) in [6.45, 7) is 2.01. The van der Waals surface area contributed by atoms with Gasteiger partial charge in [-0.3, -0.25) is 4.98 Å². The van der Waals surface area contributed by atoms with Gasteiger partial charge in [0.05, 0.1) is 17.6 Å². The smallest absolute Gasteiger partial charge is 0.0738 e. The van der Waals surface area contributed by atoms with Crippen molar-refractivity contribution in [2.45, 2.75) is 13.0 Å². The number of hydrogen-bond acceptors (Lipinski definition) is 4. The van der Waals surface area contributed by atoms with Gasteiger partial charge in [0.25, 0.3) is 0 Å². The molecular formula is C12H13N3S. The molecule has 1 aliphatic heterocycles. The highest BCUT2D eigenvalue weighted by Crippen LogP contribution is 2.30. The van der Waals surface area contributed by atoms with E-state index in [1.807, 2.05) is 17.4 Å². The van der Waals surface area contributed by atoms with Crippen LogP contribution in [-0.2, 0) is 13.0 Å². The van der Waals surface area contributed by atoms with E-state index < -0.39 is 0 Å². The van der Waals surface area contributed by atoms with E-state index in [2.05, 4.69) is 21.3 Å². The lowest BCUT2D eigenvalue weighted by Crippen LogP contribution is -2.29. The third-order valence-corrected chi connectivity index (χ3v) is 4.00. The summed E-state index contributed by atoms with van der Waals surface area (Å²) < 4.78 is 0. The van der Waals surface area contributed by atoms with Gasteiger partial charge in [0.1, 0.15) is 0 Å². The number of thiophene rings is 1. The molecule has 0 saturated carbocycles. The molecule has 3 heterocycles. The Kier molecular flexibility index (Phi) is 2.29. The minimum Gasteiger partial charge on any atom is -0.396 e. The number of aromatic nitrogens is 1. The molecule has 0 saturated heterocycles. The Balaban J connectivity index is 1.92. The number of nitrogen functional groups attached to an aromatic ring is 1. The molecule has 4 heteroatoms. The van der Waals surface area contributed by atoms with Gasteiger partial charge in [-0.25, -0.2) is 0 Å². The molecule has 2 aromatic heterocycles. The zero-order valence-corrected chi connectivity index (χ0v) is 9.70. The lowest BCUT2D eigenvalue weighted by Gasteiger charge is -2.29. The molecule has 16 heavy (non-hydrogen) atoms. The standard InChI is InChI=1S/C12H13N3S/c13-10-7-14-4-1-11(10)15-5-2-12-9(8-15)3-6-16-12/h1,3-4,6-7H,2,5,8,13H2. The topological polar surface area (TPSA) is 42.1 Å². The van der Waals surface area contributed by atoms with Crippen LogP contribution in [0.2, 0.25) is 0 Å². The molecule has 2 N–H and O–H groups in total. The van der Waals surface area contributed by atoms with E-state index in [9.17, 15) is 0 Å². The Hall–Kier alpha value is -1.55. The van der Waals surface area contributed by atoms with Crippen molar-refractivity contribution in [2.75, 3.05) is 17.2 Å². The molecule has 3 rings (SSSR count). The van der Waals surface area contributed by atoms with Crippen molar-refractivity contribution >= 4 is 22.7 Å². The van der Waals surface area contributed by atoms with E-state index in [1.54, 1.807) is 12.4 Å². The Morgan fingerprint density at radius 2 is 2.31 bits per heavy atom. The van der Waals surface area contributed by atoms with E-state index in [4.69, 9.17) is 5.73 Å². The average molecular weight is 231 g/mol. The maximum absolute atomic E-state index is 5.95. The molecule has 0 atom stereocenters. The maximum Gasteiger partial charge on any atom is 0.0738 e. The van der Waals surface area contributed by atoms with E-state index in [-0.39, 0.29) is 0 Å². The van der Waals surface area contributed by atoms with Crippen LogP contribution >= 0.6 is 11.3 Å². The summed E-state index contributed by atoms with van der Waals surface area (Å²) in [5.74, 6) is 0. The van der Waals surface area contributed by atoms with Crippen LogP contribution in [0.3, 0.4) is 0 Å². The third-order valence-electron chi connectivity index (χ3n) is 2.98. The fourth-order valence-corrected chi connectivity index (χ4v) is 3.03. The molecule has 0 aliphatic carbocycles. The number of nitrogens with two attached hydrogens (primary N) is 1. The summed E-state index contributed by atoms with van der Waals surface area (Å²) in [6, 6.07) is 4.20. The van der Waals surface area contributed by atoms with Crippen molar-refractivity contribution in [3.63, 3.8) is 0 Å². The van der Waals surface area contributed by atoms with Gasteiger partial charge >= 0.3 is 0 Å². The Labute approximate surface area is 98.5 Å². The molecule has 3 nitrogen and oxygen atoms in total. The SMILES string of the molecule is Nc1cnccc1N1CCc2sccc2C1. The molecule has 0 fully saturated rings. The fourth-order valence-electron chi connectivity index (χ4n) is 2.14. The fraction of sp³-hybridized carbons (Fsp3) is 0.250. The van der Waals surface area contributed by atoms with Gasteiger partial charge in [0.2, 0.25) is 0 Å². The second-order valence-electron chi connectivity index (χ2n) is 3.98. The van der Waals surface area contributed by atoms with E-state index in [0.717, 1.165) is 30.9 Å². The second-order valence-corrected chi connectivity index (χ2v) is 4.98. The first-order valence-electron chi connectivity index (χ1n) is 5.34. The largest absolute Gasteiger partial charge is 0.396 e. The highest BCUT2D eigenvalue weighted by Gasteiger charge is 2.18. The normalized spacial score (nSPS) is 14.9. The zero-order valence-electron chi connectivity index (χ0n) is 8.89. The lowest BCUT2D eigenvalue weighted by molar-refractivity contribution is 0.744. The highest BCUT2D eigenvalue weighted by atomic mass is 32.1. The second kappa shape index (κ2) is 3.79. The summed E-state index contributed by atoms with van der Waals surface area (Å²) in [5.41, 5.74) is 9.25. The molecule has 0 radical (unpaired) electrons. The highest BCUT2D eigenvalue weighted by molar-refractivity contribution is 7.10. The van der Waals surface area contributed by atoms with Crippen LogP contribution in [0.5, 0.6) is 0 Å². The van der Waals surface area contributed by atoms with E-state index >= 15 is 0 Å². The van der Waals surface area contributed by atoms with E-state index in [1.165, 1.54) is 10.4 Å². The van der Waals surface area contributed by atoms with Gasteiger partial charge in [-0.15, -0.1) is 11.3 Å². The quantitative estimate of drug-likeness (QED) is 0.818. The summed E-state index contributed by atoms with van der Waals surface area (Å²) in [7, 11) is 0. The first kappa shape index (κ1) is 9.66. The first-order chi connectivity index (χ1) is 7.84. The minimum atomic E-state index is 0.765. The van der Waals surface area contributed by atoms with E-state index in [0.29, 0.717) is 0 Å². The first-order valence-corrected chi connectivity index (χ1v) is 6.22. The molecule has 0 bridgehead atoms. The predicted octanol–water partition coefficient (Wildman–Crippen LogP) is 2.29. The number of rotatable bonds is 1. The van der Waals surface area contributed by atoms with Gasteiger partial charge in [0, 0.05) is 24.2 Å². The third kappa shape index (κ3) is 1.55. The Bertz CT molecular complexity index is 506. The van der Waals surface area contributed by atoms with Gasteiger partial charge in [-0.2, -0.15) is 0 Å². The zero-order chi connectivity index (χ0) is 11.0. The van der Waals surface area contributed by atoms with Crippen molar-refractivity contribution < 1.29 is 0 Å². The minimum absolute atomic E-state index is 0.765. The van der Waals surface area contributed by atoms with Crippen LogP contribution in [0.1, 0.15) is 10.4 Å². The number of fused-ring (bicyclic) bond motifs is 1. The van der Waals surface area contributed by atoms with Crippen molar-refractivity contribution in [2.24, 2.45) is 0 Å². The van der Waals surface area contributed by atoms with Crippen LogP contribution in [0.15, 0.2) is 29.9 Å².